The molecule has 1 fully saturated rings. The number of carbonyl (C=O) groups is 1. The molecule has 1 atom stereocenters. The minimum Gasteiger partial charge on any atom is -0.451 e. The molecule has 4 rings (SSSR count). The summed E-state index contributed by atoms with van der Waals surface area (Å²) in [5.74, 6) is 0.108. The molecule has 1 aliphatic heterocycles. The summed E-state index contributed by atoms with van der Waals surface area (Å²) in [7, 11) is 0. The second-order valence-electron chi connectivity index (χ2n) is 8.67. The number of aryl methyl sites for hydroxylation is 1. The summed E-state index contributed by atoms with van der Waals surface area (Å²) in [5.41, 5.74) is 3.61. The first-order valence-electron chi connectivity index (χ1n) is 11.2. The van der Waals surface area contributed by atoms with E-state index in [-0.39, 0.29) is 23.1 Å². The van der Waals surface area contributed by atoms with Crippen molar-refractivity contribution in [2.24, 2.45) is 0 Å². The SMILES string of the molecule is Cc1ccc2c(=O)cc(C(=O)NCC(c3ccc(C(C)C)cc3)N3CCOCC3)oc2c1. The largest absolute Gasteiger partial charge is 0.451 e. The summed E-state index contributed by atoms with van der Waals surface area (Å²) in [4.78, 5) is 27.7. The van der Waals surface area contributed by atoms with Crippen molar-refractivity contribution >= 4 is 16.9 Å². The van der Waals surface area contributed by atoms with Gasteiger partial charge in [-0.25, -0.2) is 0 Å². The molecule has 0 saturated carbocycles. The zero-order valence-corrected chi connectivity index (χ0v) is 18.9. The standard InChI is InChI=1S/C26H30N2O4/c1-17(2)19-5-7-20(8-6-19)22(28-10-12-31-13-11-28)16-27-26(30)25-15-23(29)21-9-4-18(3)14-24(21)32-25/h4-9,14-15,17,22H,10-13,16H2,1-3H3,(H,27,30). The Morgan fingerprint density at radius 3 is 2.41 bits per heavy atom. The van der Waals surface area contributed by atoms with E-state index < -0.39 is 0 Å². The topological polar surface area (TPSA) is 71.8 Å². The lowest BCUT2D eigenvalue weighted by Gasteiger charge is -2.35. The van der Waals surface area contributed by atoms with Gasteiger partial charge in [0.1, 0.15) is 5.58 Å². The average molecular weight is 435 g/mol. The molecule has 1 aliphatic rings. The number of nitrogens with one attached hydrogen (secondary N) is 1. The molecule has 6 nitrogen and oxygen atoms in total. The molecular formula is C26H30N2O4. The number of fused-ring (bicyclic) bond motifs is 1. The molecule has 0 aliphatic carbocycles. The zero-order chi connectivity index (χ0) is 22.7. The fraction of sp³-hybridized carbons (Fsp3) is 0.385. The molecule has 3 aromatic rings. The average Bonchev–Trinajstić information content (AvgIpc) is 2.79. The van der Waals surface area contributed by atoms with E-state index in [0.29, 0.717) is 36.6 Å². The third-order valence-corrected chi connectivity index (χ3v) is 6.04. The van der Waals surface area contributed by atoms with Crippen LogP contribution in [0.4, 0.5) is 0 Å². The first kappa shape index (κ1) is 22.2. The minimum atomic E-state index is -0.387. The van der Waals surface area contributed by atoms with Gasteiger partial charge in [0.2, 0.25) is 0 Å². The lowest BCUT2D eigenvalue weighted by molar-refractivity contribution is 0.0161. The van der Waals surface area contributed by atoms with Crippen molar-refractivity contribution in [2.75, 3.05) is 32.8 Å². The van der Waals surface area contributed by atoms with Crippen LogP contribution in [0.1, 0.15) is 53.1 Å². The summed E-state index contributed by atoms with van der Waals surface area (Å²) in [6.45, 7) is 9.63. The van der Waals surface area contributed by atoms with E-state index in [1.165, 1.54) is 11.6 Å². The highest BCUT2D eigenvalue weighted by Gasteiger charge is 2.24. The van der Waals surface area contributed by atoms with E-state index in [4.69, 9.17) is 9.15 Å². The molecule has 2 aromatic carbocycles. The number of morpholine rings is 1. The molecule has 2 heterocycles. The number of amides is 1. The maximum absolute atomic E-state index is 12.9. The van der Waals surface area contributed by atoms with Crippen molar-refractivity contribution in [3.8, 4) is 0 Å². The fourth-order valence-corrected chi connectivity index (χ4v) is 4.10. The van der Waals surface area contributed by atoms with E-state index in [9.17, 15) is 9.59 Å². The Morgan fingerprint density at radius 1 is 1.03 bits per heavy atom. The Balaban J connectivity index is 1.55. The molecule has 6 heteroatoms. The van der Waals surface area contributed by atoms with E-state index >= 15 is 0 Å². The quantitative estimate of drug-likeness (QED) is 0.634. The molecular weight excluding hydrogens is 404 g/mol. The van der Waals surface area contributed by atoms with Gasteiger partial charge in [-0.3, -0.25) is 14.5 Å². The molecule has 0 radical (unpaired) electrons. The fourth-order valence-electron chi connectivity index (χ4n) is 4.10. The van der Waals surface area contributed by atoms with Crippen LogP contribution in [0, 0.1) is 6.92 Å². The first-order chi connectivity index (χ1) is 15.4. The third-order valence-electron chi connectivity index (χ3n) is 6.04. The van der Waals surface area contributed by atoms with Crippen LogP contribution in [0.25, 0.3) is 11.0 Å². The summed E-state index contributed by atoms with van der Waals surface area (Å²) in [6, 6.07) is 15.2. The highest BCUT2D eigenvalue weighted by atomic mass is 16.5. The van der Waals surface area contributed by atoms with Gasteiger partial charge >= 0.3 is 0 Å². The van der Waals surface area contributed by atoms with Crippen molar-refractivity contribution < 1.29 is 13.9 Å². The summed E-state index contributed by atoms with van der Waals surface area (Å²) in [5, 5.41) is 3.46. The van der Waals surface area contributed by atoms with E-state index in [0.717, 1.165) is 24.2 Å². The van der Waals surface area contributed by atoms with Gasteiger partial charge in [0.25, 0.3) is 5.91 Å². The van der Waals surface area contributed by atoms with E-state index in [2.05, 4.69) is 48.3 Å². The van der Waals surface area contributed by atoms with Gasteiger partial charge in [-0.15, -0.1) is 0 Å². The minimum absolute atomic E-state index is 0.0125. The normalized spacial score (nSPS) is 15.8. The van der Waals surface area contributed by atoms with Crippen LogP contribution in [-0.2, 0) is 4.74 Å². The van der Waals surface area contributed by atoms with Crippen LogP contribution in [0.5, 0.6) is 0 Å². The summed E-state index contributed by atoms with van der Waals surface area (Å²) in [6.07, 6.45) is 0. The second-order valence-corrected chi connectivity index (χ2v) is 8.67. The summed E-state index contributed by atoms with van der Waals surface area (Å²) >= 11 is 0. The van der Waals surface area contributed by atoms with Crippen LogP contribution in [-0.4, -0.2) is 43.7 Å². The number of hydrogen-bond donors (Lipinski definition) is 1. The molecule has 1 unspecified atom stereocenters. The van der Waals surface area contributed by atoms with E-state index in [1.54, 1.807) is 12.1 Å². The van der Waals surface area contributed by atoms with Crippen molar-refractivity contribution in [3.05, 3.63) is 81.2 Å². The Kier molecular flexibility index (Phi) is 6.72. The Bertz CT molecular complexity index is 1140. The monoisotopic (exact) mass is 434 g/mol. The predicted octanol–water partition coefficient (Wildman–Crippen LogP) is 4.03. The van der Waals surface area contributed by atoms with Crippen LogP contribution >= 0.6 is 0 Å². The van der Waals surface area contributed by atoms with Crippen molar-refractivity contribution in [1.82, 2.24) is 10.2 Å². The zero-order valence-electron chi connectivity index (χ0n) is 18.9. The van der Waals surface area contributed by atoms with Gasteiger partial charge in [0.15, 0.2) is 11.2 Å². The molecule has 1 N–H and O–H groups in total. The van der Waals surface area contributed by atoms with Crippen molar-refractivity contribution in [1.29, 1.82) is 0 Å². The lowest BCUT2D eigenvalue weighted by Crippen LogP contribution is -2.43. The van der Waals surface area contributed by atoms with Gasteiger partial charge in [-0.2, -0.15) is 0 Å². The first-order valence-corrected chi connectivity index (χ1v) is 11.2. The highest BCUT2D eigenvalue weighted by Crippen LogP contribution is 2.24. The van der Waals surface area contributed by atoms with Gasteiger partial charge in [0.05, 0.1) is 24.6 Å². The van der Waals surface area contributed by atoms with Crippen LogP contribution in [0.15, 0.2) is 57.7 Å². The molecule has 1 aromatic heterocycles. The Labute approximate surface area is 188 Å². The third kappa shape index (κ3) is 4.92. The van der Waals surface area contributed by atoms with Gasteiger partial charge in [-0.05, 0) is 41.7 Å². The molecule has 1 saturated heterocycles. The molecule has 1 amide bonds. The molecule has 0 bridgehead atoms. The molecule has 0 spiro atoms. The summed E-state index contributed by atoms with van der Waals surface area (Å²) < 4.78 is 11.3. The maximum atomic E-state index is 12.9. The molecule has 168 valence electrons. The van der Waals surface area contributed by atoms with Gasteiger partial charge in [-0.1, -0.05) is 44.2 Å². The van der Waals surface area contributed by atoms with Crippen molar-refractivity contribution in [3.63, 3.8) is 0 Å². The number of carbonyl (C=O) groups excluding carboxylic acids is 1. The maximum Gasteiger partial charge on any atom is 0.287 e. The van der Waals surface area contributed by atoms with Gasteiger partial charge < -0.3 is 14.5 Å². The Morgan fingerprint density at radius 2 is 1.72 bits per heavy atom. The van der Waals surface area contributed by atoms with Crippen molar-refractivity contribution in [2.45, 2.75) is 32.7 Å². The van der Waals surface area contributed by atoms with E-state index in [1.807, 2.05) is 13.0 Å². The smallest absolute Gasteiger partial charge is 0.287 e. The highest BCUT2D eigenvalue weighted by molar-refractivity contribution is 5.93. The van der Waals surface area contributed by atoms with Gasteiger partial charge in [0, 0.05) is 25.7 Å². The predicted molar refractivity (Wildman–Crippen MR) is 125 cm³/mol. The number of hydrogen-bond acceptors (Lipinski definition) is 5. The number of ether oxygens (including phenoxy) is 1. The number of rotatable bonds is 6. The lowest BCUT2D eigenvalue weighted by atomic mass is 9.98. The number of benzene rings is 2. The Hall–Kier alpha value is -2.96. The number of nitrogens with zero attached hydrogens (tertiary/aromatic N) is 1. The van der Waals surface area contributed by atoms with Crippen LogP contribution in [0.3, 0.4) is 0 Å². The molecule has 32 heavy (non-hydrogen) atoms. The second kappa shape index (κ2) is 9.67. The van der Waals surface area contributed by atoms with Crippen LogP contribution in [0.2, 0.25) is 0 Å². The van der Waals surface area contributed by atoms with Crippen LogP contribution < -0.4 is 10.7 Å².